The average Bonchev–Trinajstić information content (AvgIpc) is 3.08. The molecule has 27 heavy (non-hydrogen) atoms. The molecular formula is C19H22N4O3S. The molecule has 1 aromatic heterocycles. The summed E-state index contributed by atoms with van der Waals surface area (Å²) in [6.45, 7) is 0.537. The first-order valence-corrected chi connectivity index (χ1v) is 9.87. The Morgan fingerprint density at radius 2 is 2.19 bits per heavy atom. The quantitative estimate of drug-likeness (QED) is 0.282. The van der Waals surface area contributed by atoms with Crippen LogP contribution in [0, 0.1) is 11.3 Å². The summed E-state index contributed by atoms with van der Waals surface area (Å²) in [4.78, 5) is 26.5. The second-order valence-corrected chi connectivity index (χ2v) is 6.86. The number of para-hydroxylation sites is 1. The van der Waals surface area contributed by atoms with Crippen LogP contribution in [0.3, 0.4) is 0 Å². The molecule has 2 rings (SSSR count). The number of rotatable bonds is 10. The summed E-state index contributed by atoms with van der Waals surface area (Å²) >= 11 is 1.50. The maximum absolute atomic E-state index is 12.1. The van der Waals surface area contributed by atoms with Gasteiger partial charge in [-0.15, -0.1) is 0 Å². The minimum atomic E-state index is -1.11. The number of nitrogens with one attached hydrogen (secondary N) is 3. The Labute approximate surface area is 161 Å². The molecule has 0 radical (unpaired) electrons. The number of carbonyl (C=O) groups is 2. The lowest BCUT2D eigenvalue weighted by molar-refractivity contribution is -0.141. The van der Waals surface area contributed by atoms with Gasteiger partial charge in [-0.1, -0.05) is 18.2 Å². The van der Waals surface area contributed by atoms with Crippen molar-refractivity contribution in [3.63, 3.8) is 0 Å². The predicted molar refractivity (Wildman–Crippen MR) is 106 cm³/mol. The van der Waals surface area contributed by atoms with Crippen LogP contribution in [0.2, 0.25) is 0 Å². The summed E-state index contributed by atoms with van der Waals surface area (Å²) in [5.74, 6) is -1.20. The standard InChI is InChI=1S/C19H22N4O3S/c1-27-9-7-17(19(25)26)23-18(24)14(10-20)11-21-8-6-13-12-22-16-5-3-2-4-15(13)16/h2-5,11-12,17,21-22H,6-9H2,1H3,(H,23,24)(H,25,26)/b14-11-. The highest BCUT2D eigenvalue weighted by Gasteiger charge is 2.21. The van der Waals surface area contributed by atoms with E-state index in [1.807, 2.05) is 42.8 Å². The molecular weight excluding hydrogens is 364 g/mol. The summed E-state index contributed by atoms with van der Waals surface area (Å²) in [7, 11) is 0. The number of aliphatic carboxylic acids is 1. The zero-order valence-electron chi connectivity index (χ0n) is 15.0. The van der Waals surface area contributed by atoms with Gasteiger partial charge in [0.2, 0.25) is 0 Å². The number of aromatic nitrogens is 1. The number of carbonyl (C=O) groups excluding carboxylic acids is 1. The van der Waals surface area contributed by atoms with Gasteiger partial charge in [0.25, 0.3) is 5.91 Å². The van der Waals surface area contributed by atoms with Gasteiger partial charge in [-0.25, -0.2) is 4.79 Å². The number of hydrogen-bond donors (Lipinski definition) is 4. The minimum Gasteiger partial charge on any atom is -0.480 e. The molecule has 1 atom stereocenters. The Bertz CT molecular complexity index is 869. The fourth-order valence-electron chi connectivity index (χ4n) is 2.60. The zero-order chi connectivity index (χ0) is 19.6. The number of benzene rings is 1. The first-order valence-electron chi connectivity index (χ1n) is 8.48. The van der Waals surface area contributed by atoms with Crippen molar-refractivity contribution in [2.75, 3.05) is 18.6 Å². The van der Waals surface area contributed by atoms with Crippen molar-refractivity contribution in [3.8, 4) is 6.07 Å². The van der Waals surface area contributed by atoms with E-state index in [4.69, 9.17) is 5.11 Å². The molecule has 2 aromatic rings. The molecule has 0 fully saturated rings. The maximum atomic E-state index is 12.1. The molecule has 1 amide bonds. The molecule has 0 aliphatic heterocycles. The van der Waals surface area contributed by atoms with Gasteiger partial charge >= 0.3 is 5.97 Å². The van der Waals surface area contributed by atoms with Crippen LogP contribution in [0.1, 0.15) is 12.0 Å². The number of carboxylic acids is 1. The fourth-order valence-corrected chi connectivity index (χ4v) is 3.07. The van der Waals surface area contributed by atoms with Gasteiger partial charge in [0.1, 0.15) is 17.7 Å². The number of thioether (sulfide) groups is 1. The maximum Gasteiger partial charge on any atom is 0.326 e. The van der Waals surface area contributed by atoms with E-state index < -0.39 is 17.9 Å². The van der Waals surface area contributed by atoms with Crippen LogP contribution >= 0.6 is 11.8 Å². The van der Waals surface area contributed by atoms with Gasteiger partial charge < -0.3 is 20.7 Å². The van der Waals surface area contributed by atoms with Crippen LogP contribution in [-0.4, -0.2) is 46.6 Å². The molecule has 0 saturated heterocycles. The highest BCUT2D eigenvalue weighted by atomic mass is 32.2. The number of nitriles is 1. The van der Waals surface area contributed by atoms with Crippen molar-refractivity contribution in [2.24, 2.45) is 0 Å². The lowest BCUT2D eigenvalue weighted by Gasteiger charge is -2.13. The number of aromatic amines is 1. The lowest BCUT2D eigenvalue weighted by atomic mass is 10.1. The van der Waals surface area contributed by atoms with Crippen molar-refractivity contribution in [1.29, 1.82) is 5.26 Å². The zero-order valence-corrected chi connectivity index (χ0v) is 15.8. The summed E-state index contributed by atoms with van der Waals surface area (Å²) in [5, 5.41) is 24.8. The SMILES string of the molecule is CSCCC(NC(=O)/C(C#N)=C\NCCc1c[nH]c2ccccc12)C(=O)O. The van der Waals surface area contributed by atoms with Crippen molar-refractivity contribution in [1.82, 2.24) is 15.6 Å². The van der Waals surface area contributed by atoms with E-state index in [1.165, 1.54) is 18.0 Å². The second-order valence-electron chi connectivity index (χ2n) is 5.88. The molecule has 4 N–H and O–H groups in total. The average molecular weight is 386 g/mol. The Balaban J connectivity index is 1.90. The first kappa shape index (κ1) is 20.4. The highest BCUT2D eigenvalue weighted by Crippen LogP contribution is 2.17. The van der Waals surface area contributed by atoms with Gasteiger partial charge in [0.05, 0.1) is 0 Å². The van der Waals surface area contributed by atoms with Gasteiger partial charge in [-0.05, 0) is 36.5 Å². The number of nitrogens with zero attached hydrogens (tertiary/aromatic N) is 1. The monoisotopic (exact) mass is 386 g/mol. The molecule has 0 bridgehead atoms. The number of fused-ring (bicyclic) bond motifs is 1. The highest BCUT2D eigenvalue weighted by molar-refractivity contribution is 7.98. The lowest BCUT2D eigenvalue weighted by Crippen LogP contribution is -2.41. The van der Waals surface area contributed by atoms with Crippen LogP contribution in [-0.2, 0) is 16.0 Å². The fraction of sp³-hybridized carbons (Fsp3) is 0.316. The third-order valence-electron chi connectivity index (χ3n) is 4.04. The van der Waals surface area contributed by atoms with E-state index in [9.17, 15) is 14.9 Å². The third kappa shape index (κ3) is 5.79. The van der Waals surface area contributed by atoms with Crippen molar-refractivity contribution in [3.05, 3.63) is 47.8 Å². The number of amides is 1. The molecule has 0 aliphatic carbocycles. The summed E-state index contributed by atoms with van der Waals surface area (Å²) in [5.41, 5.74) is 2.05. The summed E-state index contributed by atoms with van der Waals surface area (Å²) in [6.07, 6.45) is 6.15. The molecule has 0 saturated carbocycles. The van der Waals surface area contributed by atoms with E-state index in [0.717, 1.165) is 16.5 Å². The Hall–Kier alpha value is -2.92. The van der Waals surface area contributed by atoms with Crippen LogP contribution in [0.15, 0.2) is 42.2 Å². The molecule has 8 heteroatoms. The van der Waals surface area contributed by atoms with Crippen LogP contribution in [0.5, 0.6) is 0 Å². The van der Waals surface area contributed by atoms with Crippen LogP contribution < -0.4 is 10.6 Å². The Morgan fingerprint density at radius 1 is 1.41 bits per heavy atom. The van der Waals surface area contributed by atoms with Crippen LogP contribution in [0.25, 0.3) is 10.9 Å². The Kier molecular flexibility index (Phi) is 7.77. The summed E-state index contributed by atoms with van der Waals surface area (Å²) < 4.78 is 0. The van der Waals surface area contributed by atoms with Gasteiger partial charge in [-0.2, -0.15) is 17.0 Å². The molecule has 1 unspecified atom stereocenters. The van der Waals surface area contributed by atoms with Gasteiger partial charge in [0.15, 0.2) is 0 Å². The molecule has 1 heterocycles. The van der Waals surface area contributed by atoms with Gasteiger partial charge in [-0.3, -0.25) is 4.79 Å². The molecule has 142 valence electrons. The number of H-pyrrole nitrogens is 1. The molecule has 0 spiro atoms. The normalized spacial score (nSPS) is 12.4. The largest absolute Gasteiger partial charge is 0.480 e. The van der Waals surface area contributed by atoms with E-state index >= 15 is 0 Å². The molecule has 7 nitrogen and oxygen atoms in total. The third-order valence-corrected chi connectivity index (χ3v) is 4.68. The topological polar surface area (TPSA) is 118 Å². The smallest absolute Gasteiger partial charge is 0.326 e. The first-order chi connectivity index (χ1) is 13.1. The Morgan fingerprint density at radius 3 is 2.89 bits per heavy atom. The predicted octanol–water partition coefficient (Wildman–Crippen LogP) is 2.03. The van der Waals surface area contributed by atoms with Crippen molar-refractivity contribution < 1.29 is 14.7 Å². The van der Waals surface area contributed by atoms with E-state index in [2.05, 4.69) is 15.6 Å². The second kappa shape index (κ2) is 10.3. The van der Waals surface area contributed by atoms with Crippen LogP contribution in [0.4, 0.5) is 0 Å². The molecule has 1 aromatic carbocycles. The molecule has 0 aliphatic rings. The number of carboxylic acid groups (broad SMARTS) is 1. The minimum absolute atomic E-state index is 0.149. The van der Waals surface area contributed by atoms with Crippen molar-refractivity contribution >= 4 is 34.5 Å². The van der Waals surface area contributed by atoms with E-state index in [0.29, 0.717) is 25.1 Å². The summed E-state index contributed by atoms with van der Waals surface area (Å²) in [6, 6.07) is 8.77. The number of hydrogen-bond acceptors (Lipinski definition) is 5. The van der Waals surface area contributed by atoms with E-state index in [1.54, 1.807) is 0 Å². The van der Waals surface area contributed by atoms with E-state index in [-0.39, 0.29) is 5.57 Å². The van der Waals surface area contributed by atoms with Crippen molar-refractivity contribution in [2.45, 2.75) is 18.9 Å². The van der Waals surface area contributed by atoms with Gasteiger partial charge in [0, 0.05) is 29.8 Å².